The molecule has 8 nitrogen and oxygen atoms in total. The molecule has 1 unspecified atom stereocenters. The lowest BCUT2D eigenvalue weighted by Crippen LogP contribution is -2.33. The molecule has 0 spiro atoms. The smallest absolute Gasteiger partial charge is 0.370 e. The highest BCUT2D eigenvalue weighted by Gasteiger charge is 2.18. The van der Waals surface area contributed by atoms with Gasteiger partial charge in [-0.3, -0.25) is 4.99 Å². The minimum absolute atomic E-state index is 0.0251. The zero-order chi connectivity index (χ0) is 15.7. The molecule has 1 aromatic rings. The predicted octanol–water partition coefficient (Wildman–Crippen LogP) is -0.317. The van der Waals surface area contributed by atoms with Crippen molar-refractivity contribution in [3.05, 3.63) is 35.9 Å². The SMILES string of the molecule is NC(N)=NCCCC(N)C(=O)OOC(=O)c1ccccc1. The van der Waals surface area contributed by atoms with Gasteiger partial charge in [0.25, 0.3) is 0 Å². The van der Waals surface area contributed by atoms with Crippen molar-refractivity contribution >= 4 is 17.9 Å². The van der Waals surface area contributed by atoms with Crippen molar-refractivity contribution in [2.45, 2.75) is 18.9 Å². The molecule has 1 atom stereocenters. The van der Waals surface area contributed by atoms with Gasteiger partial charge in [-0.1, -0.05) is 18.2 Å². The van der Waals surface area contributed by atoms with Gasteiger partial charge in [0, 0.05) is 6.54 Å². The molecule has 1 rings (SSSR count). The third-order valence-electron chi connectivity index (χ3n) is 2.48. The molecule has 0 saturated carbocycles. The fourth-order valence-electron chi connectivity index (χ4n) is 1.40. The summed E-state index contributed by atoms with van der Waals surface area (Å²) in [5.74, 6) is -1.62. The van der Waals surface area contributed by atoms with Crippen LogP contribution in [0.1, 0.15) is 23.2 Å². The number of aliphatic imine (C=N–C) groups is 1. The van der Waals surface area contributed by atoms with E-state index in [0.29, 0.717) is 19.4 Å². The topological polar surface area (TPSA) is 143 Å². The summed E-state index contributed by atoms with van der Waals surface area (Å²) in [6.45, 7) is 0.354. The minimum Gasteiger partial charge on any atom is -0.370 e. The fourth-order valence-corrected chi connectivity index (χ4v) is 1.40. The van der Waals surface area contributed by atoms with E-state index in [2.05, 4.69) is 14.8 Å². The van der Waals surface area contributed by atoms with Gasteiger partial charge in [-0.05, 0) is 25.0 Å². The molecular formula is C13H18N4O4. The van der Waals surface area contributed by atoms with Crippen LogP contribution in [0, 0.1) is 0 Å². The summed E-state index contributed by atoms with van der Waals surface area (Å²) in [5, 5.41) is 0. The molecule has 0 saturated heterocycles. The lowest BCUT2D eigenvalue weighted by atomic mass is 10.2. The maximum absolute atomic E-state index is 11.5. The summed E-state index contributed by atoms with van der Waals surface area (Å²) in [7, 11) is 0. The Morgan fingerprint density at radius 3 is 2.43 bits per heavy atom. The summed E-state index contributed by atoms with van der Waals surface area (Å²) in [6.07, 6.45) is 0.805. The molecule has 0 amide bonds. The Morgan fingerprint density at radius 2 is 1.81 bits per heavy atom. The second kappa shape index (κ2) is 8.54. The van der Waals surface area contributed by atoms with Crippen LogP contribution in [0.15, 0.2) is 35.3 Å². The number of carbonyl (C=O) groups excluding carboxylic acids is 2. The zero-order valence-corrected chi connectivity index (χ0v) is 11.4. The second-order valence-electron chi connectivity index (χ2n) is 4.19. The summed E-state index contributed by atoms with van der Waals surface area (Å²) < 4.78 is 0. The van der Waals surface area contributed by atoms with E-state index in [1.54, 1.807) is 18.2 Å². The third-order valence-corrected chi connectivity index (χ3v) is 2.48. The van der Waals surface area contributed by atoms with Crippen LogP contribution in [0.3, 0.4) is 0 Å². The molecule has 8 heteroatoms. The van der Waals surface area contributed by atoms with E-state index >= 15 is 0 Å². The molecule has 114 valence electrons. The monoisotopic (exact) mass is 294 g/mol. The van der Waals surface area contributed by atoms with E-state index in [1.165, 1.54) is 12.1 Å². The van der Waals surface area contributed by atoms with Crippen molar-refractivity contribution in [3.8, 4) is 0 Å². The number of nitrogens with two attached hydrogens (primary N) is 3. The van der Waals surface area contributed by atoms with E-state index in [9.17, 15) is 9.59 Å². The first-order valence-electron chi connectivity index (χ1n) is 6.29. The maximum atomic E-state index is 11.5. The number of nitrogens with zero attached hydrogens (tertiary/aromatic N) is 1. The number of carbonyl (C=O) groups is 2. The summed E-state index contributed by atoms with van der Waals surface area (Å²) in [6, 6.07) is 7.22. The van der Waals surface area contributed by atoms with E-state index in [0.717, 1.165) is 0 Å². The highest BCUT2D eigenvalue weighted by atomic mass is 17.2. The van der Waals surface area contributed by atoms with Crippen LogP contribution in [-0.4, -0.2) is 30.5 Å². The van der Waals surface area contributed by atoms with Gasteiger partial charge in [0.2, 0.25) is 0 Å². The maximum Gasteiger partial charge on any atom is 0.386 e. The van der Waals surface area contributed by atoms with Gasteiger partial charge in [0.05, 0.1) is 5.56 Å². The Labute approximate surface area is 121 Å². The van der Waals surface area contributed by atoms with Crippen molar-refractivity contribution in [2.75, 3.05) is 6.54 Å². The summed E-state index contributed by atoms with van der Waals surface area (Å²) in [5.41, 5.74) is 16.2. The van der Waals surface area contributed by atoms with Crippen molar-refractivity contribution in [1.82, 2.24) is 0 Å². The van der Waals surface area contributed by atoms with Gasteiger partial charge < -0.3 is 17.2 Å². The van der Waals surface area contributed by atoms with Gasteiger partial charge >= 0.3 is 11.9 Å². The Bertz CT molecular complexity index is 500. The number of rotatable bonds is 6. The van der Waals surface area contributed by atoms with Crippen molar-refractivity contribution < 1.29 is 19.4 Å². The van der Waals surface area contributed by atoms with Gasteiger partial charge in [-0.25, -0.2) is 19.4 Å². The Kier molecular flexibility index (Phi) is 6.69. The number of benzene rings is 1. The number of hydrogen-bond donors (Lipinski definition) is 3. The molecule has 0 aliphatic heterocycles. The van der Waals surface area contributed by atoms with Gasteiger partial charge in [-0.15, -0.1) is 0 Å². The first kappa shape index (κ1) is 16.4. The van der Waals surface area contributed by atoms with E-state index in [4.69, 9.17) is 17.2 Å². The molecule has 6 N–H and O–H groups in total. The highest BCUT2D eigenvalue weighted by Crippen LogP contribution is 2.03. The van der Waals surface area contributed by atoms with Crippen LogP contribution in [0.2, 0.25) is 0 Å². The van der Waals surface area contributed by atoms with E-state index in [-0.39, 0.29) is 11.5 Å². The average molecular weight is 294 g/mol. The average Bonchev–Trinajstić information content (AvgIpc) is 2.49. The molecule has 1 aromatic carbocycles. The number of hydrogen-bond acceptors (Lipinski definition) is 6. The van der Waals surface area contributed by atoms with Gasteiger partial charge in [-0.2, -0.15) is 0 Å². The largest absolute Gasteiger partial charge is 0.386 e. The lowest BCUT2D eigenvalue weighted by Gasteiger charge is -2.09. The minimum atomic E-state index is -0.914. The molecule has 0 aliphatic rings. The molecule has 0 aromatic heterocycles. The van der Waals surface area contributed by atoms with Gasteiger partial charge in [0.15, 0.2) is 5.96 Å². The van der Waals surface area contributed by atoms with E-state index < -0.39 is 18.0 Å². The summed E-state index contributed by atoms with van der Waals surface area (Å²) >= 11 is 0. The normalized spacial score (nSPS) is 11.3. The summed E-state index contributed by atoms with van der Waals surface area (Å²) in [4.78, 5) is 35.6. The van der Waals surface area contributed by atoms with Crippen molar-refractivity contribution in [2.24, 2.45) is 22.2 Å². The van der Waals surface area contributed by atoms with Crippen LogP contribution in [0.4, 0.5) is 0 Å². The first-order chi connectivity index (χ1) is 10.0. The predicted molar refractivity (Wildman–Crippen MR) is 75.8 cm³/mol. The van der Waals surface area contributed by atoms with Gasteiger partial charge in [0.1, 0.15) is 6.04 Å². The second-order valence-corrected chi connectivity index (χ2v) is 4.19. The van der Waals surface area contributed by atoms with Crippen LogP contribution >= 0.6 is 0 Å². The molecule has 0 bridgehead atoms. The molecule has 0 aliphatic carbocycles. The fraction of sp³-hybridized carbons (Fsp3) is 0.308. The zero-order valence-electron chi connectivity index (χ0n) is 11.4. The third kappa shape index (κ3) is 6.39. The molecule has 21 heavy (non-hydrogen) atoms. The quantitative estimate of drug-likeness (QED) is 0.214. The molecule has 0 radical (unpaired) electrons. The number of guanidine groups is 1. The van der Waals surface area contributed by atoms with Crippen LogP contribution in [0.25, 0.3) is 0 Å². The lowest BCUT2D eigenvalue weighted by molar-refractivity contribution is -0.235. The highest BCUT2D eigenvalue weighted by molar-refractivity contribution is 5.89. The van der Waals surface area contributed by atoms with E-state index in [1.807, 2.05) is 0 Å². The molecule has 0 heterocycles. The Hall–Kier alpha value is -2.61. The first-order valence-corrected chi connectivity index (χ1v) is 6.29. The standard InChI is InChI=1S/C13H18N4O4/c14-10(7-4-8-17-13(15)16)12(19)21-20-11(18)9-5-2-1-3-6-9/h1-3,5-6,10H,4,7-8,14H2,(H4,15,16,17). The Balaban J connectivity index is 2.29. The molecular weight excluding hydrogens is 276 g/mol. The van der Waals surface area contributed by atoms with Crippen LogP contribution < -0.4 is 17.2 Å². The van der Waals surface area contributed by atoms with Crippen LogP contribution in [0.5, 0.6) is 0 Å². The van der Waals surface area contributed by atoms with Crippen molar-refractivity contribution in [3.63, 3.8) is 0 Å². The van der Waals surface area contributed by atoms with Crippen LogP contribution in [-0.2, 0) is 14.6 Å². The van der Waals surface area contributed by atoms with Crippen molar-refractivity contribution in [1.29, 1.82) is 0 Å². The Morgan fingerprint density at radius 1 is 1.14 bits per heavy atom. The molecule has 0 fully saturated rings.